The number of carbonyl (C=O) groups is 2. The molecule has 1 aliphatic carbocycles. The van der Waals surface area contributed by atoms with E-state index in [4.69, 9.17) is 5.73 Å². The lowest BCUT2D eigenvalue weighted by molar-refractivity contribution is -0.129. The van der Waals surface area contributed by atoms with Crippen molar-refractivity contribution in [2.75, 3.05) is 6.54 Å². The van der Waals surface area contributed by atoms with E-state index in [-0.39, 0.29) is 17.9 Å². The van der Waals surface area contributed by atoms with Gasteiger partial charge in [0.1, 0.15) is 0 Å². The fourth-order valence-electron chi connectivity index (χ4n) is 1.70. The largest absolute Gasteiger partial charge is 0.354 e. The molecule has 0 aromatic rings. The fraction of sp³-hybridized carbons (Fsp3) is 0.833. The van der Waals surface area contributed by atoms with E-state index < -0.39 is 5.54 Å². The molecule has 1 unspecified atom stereocenters. The number of rotatable bonds is 6. The van der Waals surface area contributed by atoms with Gasteiger partial charge in [-0.25, -0.2) is 0 Å². The Morgan fingerprint density at radius 3 is 2.53 bits per heavy atom. The third-order valence-corrected chi connectivity index (χ3v) is 3.36. The molecule has 1 fully saturated rings. The van der Waals surface area contributed by atoms with Crippen LogP contribution in [0.15, 0.2) is 0 Å². The Bertz CT molecular complexity index is 287. The number of carbonyl (C=O) groups excluding carboxylic acids is 2. The summed E-state index contributed by atoms with van der Waals surface area (Å²) >= 11 is 0. The van der Waals surface area contributed by atoms with Crippen molar-refractivity contribution in [2.45, 2.75) is 57.5 Å². The van der Waals surface area contributed by atoms with E-state index in [9.17, 15) is 9.59 Å². The summed E-state index contributed by atoms with van der Waals surface area (Å²) in [6.45, 7) is 4.33. The van der Waals surface area contributed by atoms with Crippen molar-refractivity contribution in [3.8, 4) is 0 Å². The van der Waals surface area contributed by atoms with Crippen molar-refractivity contribution in [1.29, 1.82) is 0 Å². The third kappa shape index (κ3) is 4.00. The minimum absolute atomic E-state index is 0.0284. The normalized spacial score (nSPS) is 19.0. The van der Waals surface area contributed by atoms with E-state index in [1.807, 2.05) is 13.8 Å². The van der Waals surface area contributed by atoms with Gasteiger partial charge in [0.15, 0.2) is 0 Å². The zero-order chi connectivity index (χ0) is 12.9. The zero-order valence-electron chi connectivity index (χ0n) is 10.7. The van der Waals surface area contributed by atoms with Crippen molar-refractivity contribution in [3.05, 3.63) is 0 Å². The molecule has 0 heterocycles. The lowest BCUT2D eigenvalue weighted by Crippen LogP contribution is -2.58. The van der Waals surface area contributed by atoms with Gasteiger partial charge in [-0.15, -0.1) is 0 Å². The minimum atomic E-state index is -0.673. The summed E-state index contributed by atoms with van der Waals surface area (Å²) < 4.78 is 0. The van der Waals surface area contributed by atoms with Crippen LogP contribution in [0.2, 0.25) is 0 Å². The summed E-state index contributed by atoms with van der Waals surface area (Å²) in [6.07, 6.45) is 3.73. The molecule has 0 aromatic carbocycles. The molecule has 0 aliphatic heterocycles. The van der Waals surface area contributed by atoms with Crippen LogP contribution in [-0.4, -0.2) is 29.9 Å². The highest BCUT2D eigenvalue weighted by Gasteiger charge is 2.39. The first-order valence-corrected chi connectivity index (χ1v) is 6.34. The third-order valence-electron chi connectivity index (χ3n) is 3.36. The predicted octanol–water partition coefficient (Wildman–Crippen LogP) is 0.289. The number of nitrogens with two attached hydrogens (primary N) is 1. The summed E-state index contributed by atoms with van der Waals surface area (Å²) in [4.78, 5) is 23.1. The van der Waals surface area contributed by atoms with E-state index in [0.29, 0.717) is 13.0 Å². The molecule has 5 heteroatoms. The van der Waals surface area contributed by atoms with Crippen LogP contribution in [-0.2, 0) is 9.59 Å². The van der Waals surface area contributed by atoms with Crippen LogP contribution in [0.3, 0.4) is 0 Å². The van der Waals surface area contributed by atoms with Crippen molar-refractivity contribution in [3.63, 3.8) is 0 Å². The van der Waals surface area contributed by atoms with Crippen LogP contribution < -0.4 is 16.4 Å². The van der Waals surface area contributed by atoms with Crippen LogP contribution >= 0.6 is 0 Å². The topological polar surface area (TPSA) is 84.2 Å². The summed E-state index contributed by atoms with van der Waals surface area (Å²) in [5.74, 6) is -0.153. The molecule has 0 radical (unpaired) electrons. The van der Waals surface area contributed by atoms with Gasteiger partial charge < -0.3 is 16.4 Å². The van der Waals surface area contributed by atoms with Crippen LogP contribution in [0.1, 0.15) is 46.0 Å². The molecule has 1 atom stereocenters. The summed E-state index contributed by atoms with van der Waals surface area (Å²) in [5.41, 5.74) is 5.18. The highest BCUT2D eigenvalue weighted by atomic mass is 16.2. The van der Waals surface area contributed by atoms with E-state index in [1.165, 1.54) is 0 Å². The van der Waals surface area contributed by atoms with Crippen molar-refractivity contribution in [1.82, 2.24) is 10.6 Å². The summed E-state index contributed by atoms with van der Waals surface area (Å²) in [6, 6.07) is 0.186. The molecule has 0 saturated heterocycles. The second-order valence-corrected chi connectivity index (χ2v) is 4.89. The van der Waals surface area contributed by atoms with Gasteiger partial charge in [-0.3, -0.25) is 9.59 Å². The second-order valence-electron chi connectivity index (χ2n) is 4.89. The first-order chi connectivity index (χ1) is 7.98. The van der Waals surface area contributed by atoms with Gasteiger partial charge in [-0.05, 0) is 32.6 Å². The Kier molecular flexibility index (Phi) is 4.93. The molecular formula is C12H23N3O2. The van der Waals surface area contributed by atoms with Gasteiger partial charge in [0, 0.05) is 19.0 Å². The Labute approximate surface area is 103 Å². The monoisotopic (exact) mass is 241 g/mol. The van der Waals surface area contributed by atoms with E-state index >= 15 is 0 Å². The Morgan fingerprint density at radius 2 is 2.06 bits per heavy atom. The van der Waals surface area contributed by atoms with Crippen molar-refractivity contribution >= 4 is 11.8 Å². The van der Waals surface area contributed by atoms with Gasteiger partial charge in [0.05, 0.1) is 5.54 Å². The molecule has 98 valence electrons. The molecule has 0 aromatic heterocycles. The quantitative estimate of drug-likeness (QED) is 0.625. The molecule has 2 amide bonds. The molecule has 1 aliphatic rings. The zero-order valence-corrected chi connectivity index (χ0v) is 10.7. The molecule has 17 heavy (non-hydrogen) atoms. The smallest absolute Gasteiger partial charge is 0.240 e. The highest BCUT2D eigenvalue weighted by Crippen LogP contribution is 2.28. The van der Waals surface area contributed by atoms with E-state index in [0.717, 1.165) is 25.7 Å². The predicted molar refractivity (Wildman–Crippen MR) is 66.3 cm³/mol. The Hall–Kier alpha value is -1.10. The maximum atomic E-state index is 11.6. The summed E-state index contributed by atoms with van der Waals surface area (Å²) in [7, 11) is 0. The number of hydrogen-bond donors (Lipinski definition) is 3. The number of hydrogen-bond acceptors (Lipinski definition) is 3. The number of nitrogens with one attached hydrogen (secondary N) is 2. The maximum Gasteiger partial charge on any atom is 0.240 e. The van der Waals surface area contributed by atoms with Crippen LogP contribution in [0, 0.1) is 0 Å². The average molecular weight is 241 g/mol. The highest BCUT2D eigenvalue weighted by molar-refractivity contribution is 5.87. The first kappa shape index (κ1) is 14.0. The SMILES string of the molecule is CCC(C)NC(=O)CCNC(=O)C1(N)CCC1. The molecule has 0 bridgehead atoms. The molecule has 1 rings (SSSR count). The van der Waals surface area contributed by atoms with Gasteiger partial charge in [0.25, 0.3) is 0 Å². The lowest BCUT2D eigenvalue weighted by Gasteiger charge is -2.36. The van der Waals surface area contributed by atoms with Crippen LogP contribution in [0.4, 0.5) is 0 Å². The first-order valence-electron chi connectivity index (χ1n) is 6.34. The van der Waals surface area contributed by atoms with Crippen molar-refractivity contribution < 1.29 is 9.59 Å². The molecule has 4 N–H and O–H groups in total. The summed E-state index contributed by atoms with van der Waals surface area (Å²) in [5, 5.41) is 5.57. The van der Waals surface area contributed by atoms with Gasteiger partial charge >= 0.3 is 0 Å². The molecular weight excluding hydrogens is 218 g/mol. The molecule has 0 spiro atoms. The standard InChI is InChI=1S/C12H23N3O2/c1-3-9(2)15-10(16)5-8-14-11(17)12(13)6-4-7-12/h9H,3-8,13H2,1-2H3,(H,14,17)(H,15,16). The Morgan fingerprint density at radius 1 is 1.41 bits per heavy atom. The van der Waals surface area contributed by atoms with Crippen LogP contribution in [0.25, 0.3) is 0 Å². The number of amides is 2. The van der Waals surface area contributed by atoms with Gasteiger partial charge in [-0.2, -0.15) is 0 Å². The maximum absolute atomic E-state index is 11.6. The van der Waals surface area contributed by atoms with E-state index in [2.05, 4.69) is 10.6 Å². The Balaban J connectivity index is 2.15. The second kappa shape index (κ2) is 6.00. The fourth-order valence-corrected chi connectivity index (χ4v) is 1.70. The lowest BCUT2D eigenvalue weighted by atomic mass is 9.77. The molecule has 1 saturated carbocycles. The van der Waals surface area contributed by atoms with E-state index in [1.54, 1.807) is 0 Å². The van der Waals surface area contributed by atoms with Crippen molar-refractivity contribution in [2.24, 2.45) is 5.73 Å². The average Bonchev–Trinajstić information content (AvgIpc) is 2.25. The molecule has 5 nitrogen and oxygen atoms in total. The van der Waals surface area contributed by atoms with Crippen LogP contribution in [0.5, 0.6) is 0 Å². The van der Waals surface area contributed by atoms with Gasteiger partial charge in [-0.1, -0.05) is 6.92 Å². The van der Waals surface area contributed by atoms with Gasteiger partial charge in [0.2, 0.25) is 11.8 Å². The minimum Gasteiger partial charge on any atom is -0.354 e.